The number of hydrogen-bond acceptors (Lipinski definition) is 2. The first-order chi connectivity index (χ1) is 8.65. The van der Waals surface area contributed by atoms with Crippen molar-refractivity contribution in [2.45, 2.75) is 6.42 Å². The molecule has 6 heteroatoms. The molecule has 0 saturated carbocycles. The number of carbonyl (C=O) groups excluding carboxylic acids is 2. The minimum atomic E-state index is -0.415. The second kappa shape index (κ2) is 5.48. The topological polar surface area (TPSA) is 61.4 Å². The second-order valence-corrected chi connectivity index (χ2v) is 4.07. The van der Waals surface area contributed by atoms with E-state index in [9.17, 15) is 14.0 Å². The largest absolute Gasteiger partial charge is 0.354 e. The number of benzene rings is 1. The highest BCUT2D eigenvalue weighted by Gasteiger charge is 2.19. The summed E-state index contributed by atoms with van der Waals surface area (Å²) in [6.45, 7) is 1.10. The van der Waals surface area contributed by atoms with Crippen LogP contribution in [0.15, 0.2) is 24.3 Å². The van der Waals surface area contributed by atoms with Crippen LogP contribution in [0.25, 0.3) is 0 Å². The summed E-state index contributed by atoms with van der Waals surface area (Å²) in [5.41, 5.74) is 0.379. The zero-order valence-electron chi connectivity index (χ0n) is 9.78. The Morgan fingerprint density at radius 2 is 2.28 bits per heavy atom. The summed E-state index contributed by atoms with van der Waals surface area (Å²) in [5, 5.41) is 5.25. The quantitative estimate of drug-likeness (QED) is 0.787. The molecule has 1 heterocycles. The Labute approximate surface area is 104 Å². The molecule has 0 atom stereocenters. The van der Waals surface area contributed by atoms with E-state index in [0.29, 0.717) is 25.2 Å². The molecule has 1 aliphatic heterocycles. The Hall–Kier alpha value is -2.11. The first kappa shape index (κ1) is 12.3. The van der Waals surface area contributed by atoms with Crippen molar-refractivity contribution >= 4 is 17.6 Å². The standard InChI is InChI=1S/C12H14FN3O2/c13-9-3-1-4-10(7-9)15-12(18)16-6-2-5-14-11(17)8-16/h1,3-4,7H,2,5-6,8H2,(H,14,17)(H,15,18). The van der Waals surface area contributed by atoms with Crippen molar-refractivity contribution in [2.24, 2.45) is 0 Å². The molecule has 1 aliphatic rings. The van der Waals surface area contributed by atoms with Gasteiger partial charge in [-0.15, -0.1) is 0 Å². The number of rotatable bonds is 1. The lowest BCUT2D eigenvalue weighted by Crippen LogP contribution is -2.39. The molecule has 1 aromatic carbocycles. The third-order valence-corrected chi connectivity index (χ3v) is 2.62. The average Bonchev–Trinajstić information content (AvgIpc) is 2.54. The van der Waals surface area contributed by atoms with Crippen LogP contribution in [0.2, 0.25) is 0 Å². The predicted molar refractivity (Wildman–Crippen MR) is 64.6 cm³/mol. The van der Waals surface area contributed by atoms with E-state index < -0.39 is 11.8 Å². The van der Waals surface area contributed by atoms with Crippen LogP contribution >= 0.6 is 0 Å². The van der Waals surface area contributed by atoms with E-state index >= 15 is 0 Å². The molecule has 2 rings (SSSR count). The number of nitrogens with zero attached hydrogens (tertiary/aromatic N) is 1. The fraction of sp³-hybridized carbons (Fsp3) is 0.333. The zero-order chi connectivity index (χ0) is 13.0. The first-order valence-corrected chi connectivity index (χ1v) is 5.73. The van der Waals surface area contributed by atoms with Crippen LogP contribution in [0.4, 0.5) is 14.9 Å². The molecule has 5 nitrogen and oxygen atoms in total. The van der Waals surface area contributed by atoms with Crippen molar-refractivity contribution in [1.29, 1.82) is 0 Å². The van der Waals surface area contributed by atoms with Crippen LogP contribution in [0.5, 0.6) is 0 Å². The summed E-state index contributed by atoms with van der Waals surface area (Å²) in [6.07, 6.45) is 0.711. The third kappa shape index (κ3) is 3.19. The number of hydrogen-bond donors (Lipinski definition) is 2. The summed E-state index contributed by atoms with van der Waals surface area (Å²) in [4.78, 5) is 24.6. The normalized spacial score (nSPS) is 15.8. The van der Waals surface area contributed by atoms with E-state index in [-0.39, 0.29) is 12.5 Å². The molecule has 0 unspecified atom stereocenters. The van der Waals surface area contributed by atoms with E-state index in [1.54, 1.807) is 6.07 Å². The molecule has 2 N–H and O–H groups in total. The van der Waals surface area contributed by atoms with Gasteiger partial charge in [-0.25, -0.2) is 9.18 Å². The summed E-state index contributed by atoms with van der Waals surface area (Å²) < 4.78 is 13.0. The van der Waals surface area contributed by atoms with Crippen LogP contribution in [0.1, 0.15) is 6.42 Å². The smallest absolute Gasteiger partial charge is 0.322 e. The summed E-state index contributed by atoms with van der Waals surface area (Å²) in [6, 6.07) is 5.25. The van der Waals surface area contributed by atoms with Gasteiger partial charge in [-0.05, 0) is 24.6 Å². The summed E-state index contributed by atoms with van der Waals surface area (Å²) >= 11 is 0. The molecule has 0 aliphatic carbocycles. The molecular weight excluding hydrogens is 237 g/mol. The molecular formula is C12H14FN3O2. The molecule has 0 radical (unpaired) electrons. The van der Waals surface area contributed by atoms with Gasteiger partial charge in [0.2, 0.25) is 5.91 Å². The fourth-order valence-corrected chi connectivity index (χ4v) is 1.75. The Morgan fingerprint density at radius 3 is 3.06 bits per heavy atom. The molecule has 96 valence electrons. The van der Waals surface area contributed by atoms with Crippen molar-refractivity contribution in [3.63, 3.8) is 0 Å². The van der Waals surface area contributed by atoms with E-state index in [0.717, 1.165) is 0 Å². The van der Waals surface area contributed by atoms with Gasteiger partial charge >= 0.3 is 6.03 Å². The Morgan fingerprint density at radius 1 is 1.44 bits per heavy atom. The lowest BCUT2D eigenvalue weighted by Gasteiger charge is -2.19. The number of amides is 3. The highest BCUT2D eigenvalue weighted by Crippen LogP contribution is 2.10. The van der Waals surface area contributed by atoms with Crippen molar-refractivity contribution in [2.75, 3.05) is 25.0 Å². The molecule has 1 aromatic rings. The van der Waals surface area contributed by atoms with Crippen LogP contribution in [0.3, 0.4) is 0 Å². The highest BCUT2D eigenvalue weighted by molar-refractivity contribution is 5.92. The molecule has 0 aromatic heterocycles. The minimum absolute atomic E-state index is 0.0289. The van der Waals surface area contributed by atoms with Gasteiger partial charge in [0.15, 0.2) is 0 Å². The van der Waals surface area contributed by atoms with Crippen molar-refractivity contribution in [1.82, 2.24) is 10.2 Å². The maximum absolute atomic E-state index is 13.0. The van der Waals surface area contributed by atoms with Crippen LogP contribution < -0.4 is 10.6 Å². The maximum atomic E-state index is 13.0. The molecule has 1 fully saturated rings. The van der Waals surface area contributed by atoms with Gasteiger partial charge in [-0.3, -0.25) is 4.79 Å². The van der Waals surface area contributed by atoms with Crippen molar-refractivity contribution in [3.05, 3.63) is 30.1 Å². The molecule has 0 spiro atoms. The van der Waals surface area contributed by atoms with E-state index in [1.807, 2.05) is 0 Å². The monoisotopic (exact) mass is 251 g/mol. The lowest BCUT2D eigenvalue weighted by molar-refractivity contribution is -0.120. The van der Waals surface area contributed by atoms with E-state index in [1.165, 1.54) is 23.1 Å². The number of halogens is 1. The van der Waals surface area contributed by atoms with Crippen LogP contribution in [-0.2, 0) is 4.79 Å². The fourth-order valence-electron chi connectivity index (χ4n) is 1.75. The van der Waals surface area contributed by atoms with Crippen LogP contribution in [0, 0.1) is 5.82 Å². The van der Waals surface area contributed by atoms with Gasteiger partial charge in [-0.2, -0.15) is 0 Å². The van der Waals surface area contributed by atoms with Crippen molar-refractivity contribution in [3.8, 4) is 0 Å². The molecule has 1 saturated heterocycles. The first-order valence-electron chi connectivity index (χ1n) is 5.73. The number of nitrogens with one attached hydrogen (secondary N) is 2. The van der Waals surface area contributed by atoms with E-state index in [2.05, 4.69) is 10.6 Å². The van der Waals surface area contributed by atoms with Gasteiger partial charge in [-0.1, -0.05) is 6.07 Å². The Bertz CT molecular complexity index is 464. The third-order valence-electron chi connectivity index (χ3n) is 2.62. The van der Waals surface area contributed by atoms with Gasteiger partial charge < -0.3 is 15.5 Å². The van der Waals surface area contributed by atoms with Gasteiger partial charge in [0.05, 0.1) is 0 Å². The van der Waals surface area contributed by atoms with Gasteiger partial charge in [0, 0.05) is 18.8 Å². The molecule has 3 amide bonds. The van der Waals surface area contributed by atoms with Crippen molar-refractivity contribution < 1.29 is 14.0 Å². The maximum Gasteiger partial charge on any atom is 0.322 e. The zero-order valence-corrected chi connectivity index (χ0v) is 9.78. The summed E-state index contributed by atoms with van der Waals surface area (Å²) in [7, 11) is 0. The number of anilines is 1. The lowest BCUT2D eigenvalue weighted by atomic mass is 10.3. The Kier molecular flexibility index (Phi) is 3.76. The Balaban J connectivity index is 2.00. The SMILES string of the molecule is O=C1CN(C(=O)Nc2cccc(F)c2)CCCN1. The van der Waals surface area contributed by atoms with Gasteiger partial charge in [0.1, 0.15) is 12.4 Å². The number of carbonyl (C=O) groups is 2. The summed E-state index contributed by atoms with van der Waals surface area (Å²) in [5.74, 6) is -0.594. The highest BCUT2D eigenvalue weighted by atomic mass is 19.1. The van der Waals surface area contributed by atoms with Gasteiger partial charge in [0.25, 0.3) is 0 Å². The van der Waals surface area contributed by atoms with E-state index in [4.69, 9.17) is 0 Å². The number of urea groups is 1. The predicted octanol–water partition coefficient (Wildman–Crippen LogP) is 1.18. The molecule has 0 bridgehead atoms. The van der Waals surface area contributed by atoms with Crippen LogP contribution in [-0.4, -0.2) is 36.5 Å². The average molecular weight is 251 g/mol. The second-order valence-electron chi connectivity index (χ2n) is 4.07. The molecule has 18 heavy (non-hydrogen) atoms. The minimum Gasteiger partial charge on any atom is -0.354 e.